The van der Waals surface area contributed by atoms with Gasteiger partial charge in [0.25, 0.3) is 0 Å². The van der Waals surface area contributed by atoms with Gasteiger partial charge in [0.05, 0.1) is 23.8 Å². The Bertz CT molecular complexity index is 820. The van der Waals surface area contributed by atoms with Gasteiger partial charge in [-0.3, -0.25) is 0 Å². The highest BCUT2D eigenvalue weighted by molar-refractivity contribution is 5.74. The Labute approximate surface area is 121 Å². The first kappa shape index (κ1) is 12.3. The molecule has 0 radical (unpaired) electrons. The summed E-state index contributed by atoms with van der Waals surface area (Å²) in [4.78, 5) is 6.72. The van der Waals surface area contributed by atoms with Gasteiger partial charge in [0.2, 0.25) is 0 Å². The molecule has 0 saturated carbocycles. The summed E-state index contributed by atoms with van der Waals surface area (Å²) in [6, 6.07) is 7.19. The molecule has 1 fully saturated rings. The minimum absolute atomic E-state index is 0.243. The molecule has 0 atom stereocenters. The van der Waals surface area contributed by atoms with Crippen LogP contribution in [0, 0.1) is 12.7 Å². The minimum atomic E-state index is -0.243. The Morgan fingerprint density at radius 2 is 2.05 bits per heavy atom. The van der Waals surface area contributed by atoms with E-state index in [4.69, 9.17) is 0 Å². The van der Waals surface area contributed by atoms with E-state index in [1.807, 2.05) is 19.1 Å². The van der Waals surface area contributed by atoms with Crippen molar-refractivity contribution in [3.63, 3.8) is 0 Å². The van der Waals surface area contributed by atoms with Gasteiger partial charge in [-0.05, 0) is 37.1 Å². The van der Waals surface area contributed by atoms with E-state index in [9.17, 15) is 4.39 Å². The number of hydrogen-bond donors (Lipinski definition) is 0. The lowest BCUT2D eigenvalue weighted by molar-refractivity contribution is 0.617. The first-order valence-corrected chi connectivity index (χ1v) is 7.08. The summed E-state index contributed by atoms with van der Waals surface area (Å²) in [6.45, 7) is 3.96. The molecule has 1 saturated heterocycles. The van der Waals surface area contributed by atoms with Gasteiger partial charge in [0.1, 0.15) is 5.82 Å². The van der Waals surface area contributed by atoms with Crippen LogP contribution in [0.2, 0.25) is 0 Å². The van der Waals surface area contributed by atoms with Crippen LogP contribution in [0.5, 0.6) is 0 Å². The highest BCUT2D eigenvalue weighted by Gasteiger charge is 2.20. The van der Waals surface area contributed by atoms with Crippen molar-refractivity contribution in [2.45, 2.75) is 13.3 Å². The van der Waals surface area contributed by atoms with Crippen molar-refractivity contribution in [2.75, 3.05) is 18.0 Å². The van der Waals surface area contributed by atoms with Crippen molar-refractivity contribution in [2.24, 2.45) is 0 Å². The van der Waals surface area contributed by atoms with E-state index in [-0.39, 0.29) is 5.82 Å². The van der Waals surface area contributed by atoms with Crippen molar-refractivity contribution in [3.8, 4) is 11.3 Å². The van der Waals surface area contributed by atoms with Crippen molar-refractivity contribution in [1.82, 2.24) is 14.6 Å². The third-order valence-corrected chi connectivity index (χ3v) is 3.98. The molecular weight excluding hydrogens is 267 g/mol. The maximum atomic E-state index is 14.2. The topological polar surface area (TPSA) is 33.4 Å². The van der Waals surface area contributed by atoms with E-state index < -0.39 is 0 Å². The smallest absolute Gasteiger partial charge is 0.177 e. The van der Waals surface area contributed by atoms with Gasteiger partial charge >= 0.3 is 0 Å². The molecule has 4 rings (SSSR count). The molecule has 4 nitrogen and oxygen atoms in total. The minimum Gasteiger partial charge on any atom is -0.368 e. The van der Waals surface area contributed by atoms with Crippen LogP contribution in [0.4, 0.5) is 10.1 Å². The second-order valence-corrected chi connectivity index (χ2v) is 5.42. The maximum Gasteiger partial charge on any atom is 0.177 e. The first-order chi connectivity index (χ1) is 10.2. The van der Waals surface area contributed by atoms with Crippen molar-refractivity contribution < 1.29 is 4.39 Å². The summed E-state index contributed by atoms with van der Waals surface area (Å²) in [7, 11) is 0. The molecule has 21 heavy (non-hydrogen) atoms. The molecule has 0 unspecified atom stereocenters. The summed E-state index contributed by atoms with van der Waals surface area (Å²) in [5, 5.41) is 4.34. The zero-order valence-corrected chi connectivity index (χ0v) is 11.8. The molecule has 0 amide bonds. The van der Waals surface area contributed by atoms with Crippen LogP contribution in [-0.2, 0) is 0 Å². The van der Waals surface area contributed by atoms with Gasteiger partial charge in [-0.2, -0.15) is 5.10 Å². The number of fused-ring (bicyclic) bond motifs is 1. The predicted molar refractivity (Wildman–Crippen MR) is 79.9 cm³/mol. The van der Waals surface area contributed by atoms with Crippen LogP contribution in [0.25, 0.3) is 16.9 Å². The van der Waals surface area contributed by atoms with E-state index in [2.05, 4.69) is 15.0 Å². The van der Waals surface area contributed by atoms with Gasteiger partial charge in [0.15, 0.2) is 5.65 Å². The highest BCUT2D eigenvalue weighted by Crippen LogP contribution is 2.29. The van der Waals surface area contributed by atoms with Crippen molar-refractivity contribution in [3.05, 3.63) is 48.0 Å². The molecule has 0 aliphatic carbocycles. The molecule has 1 aliphatic heterocycles. The molecule has 0 N–H and O–H groups in total. The third-order valence-electron chi connectivity index (χ3n) is 3.98. The molecule has 2 aromatic heterocycles. The molecule has 5 heteroatoms. The van der Waals surface area contributed by atoms with E-state index in [0.717, 1.165) is 30.0 Å². The van der Waals surface area contributed by atoms with E-state index >= 15 is 0 Å². The molecule has 3 aromatic rings. The number of aromatic nitrogens is 3. The Kier molecular flexibility index (Phi) is 2.67. The van der Waals surface area contributed by atoms with Gasteiger partial charge in [-0.25, -0.2) is 13.9 Å². The van der Waals surface area contributed by atoms with Crippen molar-refractivity contribution >= 4 is 11.3 Å². The van der Waals surface area contributed by atoms with Crippen LogP contribution < -0.4 is 4.90 Å². The number of imidazole rings is 1. The van der Waals surface area contributed by atoms with Gasteiger partial charge in [-0.15, -0.1) is 0 Å². The van der Waals surface area contributed by atoms with E-state index in [1.54, 1.807) is 23.0 Å². The van der Waals surface area contributed by atoms with Crippen LogP contribution in [-0.4, -0.2) is 27.7 Å². The highest BCUT2D eigenvalue weighted by atomic mass is 19.1. The van der Waals surface area contributed by atoms with Crippen LogP contribution >= 0.6 is 0 Å². The Hall–Kier alpha value is -2.43. The number of benzene rings is 1. The number of nitrogens with zero attached hydrogens (tertiary/aromatic N) is 4. The second-order valence-electron chi connectivity index (χ2n) is 5.42. The molecule has 106 valence electrons. The number of anilines is 1. The SMILES string of the molecule is Cc1ccc(-c2cnc3c(N4CCC4)ccnn23)c(F)c1. The second kappa shape index (κ2) is 4.55. The average Bonchev–Trinajstić information content (AvgIpc) is 2.82. The lowest BCUT2D eigenvalue weighted by Gasteiger charge is -2.32. The fourth-order valence-electron chi connectivity index (χ4n) is 2.70. The maximum absolute atomic E-state index is 14.2. The van der Waals surface area contributed by atoms with Gasteiger partial charge in [-0.1, -0.05) is 6.07 Å². The van der Waals surface area contributed by atoms with Crippen LogP contribution in [0.1, 0.15) is 12.0 Å². The summed E-state index contributed by atoms with van der Waals surface area (Å²) in [5.74, 6) is -0.243. The van der Waals surface area contributed by atoms with Gasteiger partial charge in [0, 0.05) is 18.7 Å². The van der Waals surface area contributed by atoms with Crippen LogP contribution in [0.3, 0.4) is 0 Å². The first-order valence-electron chi connectivity index (χ1n) is 7.08. The van der Waals surface area contributed by atoms with Crippen LogP contribution in [0.15, 0.2) is 36.7 Å². The zero-order valence-electron chi connectivity index (χ0n) is 11.8. The monoisotopic (exact) mass is 282 g/mol. The molecule has 3 heterocycles. The normalized spacial score (nSPS) is 14.5. The van der Waals surface area contributed by atoms with Crippen molar-refractivity contribution in [1.29, 1.82) is 0 Å². The molecule has 1 aliphatic rings. The Morgan fingerprint density at radius 1 is 1.19 bits per heavy atom. The lowest BCUT2D eigenvalue weighted by Crippen LogP contribution is -2.37. The number of hydrogen-bond acceptors (Lipinski definition) is 3. The fourth-order valence-corrected chi connectivity index (χ4v) is 2.70. The summed E-state index contributed by atoms with van der Waals surface area (Å²) in [6.07, 6.45) is 4.64. The number of halogens is 1. The van der Waals surface area contributed by atoms with E-state index in [0.29, 0.717) is 11.3 Å². The Morgan fingerprint density at radius 3 is 2.76 bits per heavy atom. The Balaban J connectivity index is 1.90. The summed E-state index contributed by atoms with van der Waals surface area (Å²) in [5.41, 5.74) is 3.97. The lowest BCUT2D eigenvalue weighted by atomic mass is 10.1. The molecule has 1 aromatic carbocycles. The fraction of sp³-hybridized carbons (Fsp3) is 0.250. The third kappa shape index (κ3) is 1.88. The largest absolute Gasteiger partial charge is 0.368 e. The molecular formula is C16H15FN4. The predicted octanol–water partition coefficient (Wildman–Crippen LogP) is 3.05. The standard InChI is InChI=1S/C16H15FN4/c1-11-3-4-12(13(17)9-11)15-10-18-16-14(20-7-2-8-20)5-6-19-21(15)16/h3-6,9-10H,2,7-8H2,1H3. The number of rotatable bonds is 2. The van der Waals surface area contributed by atoms with Gasteiger partial charge < -0.3 is 4.90 Å². The zero-order chi connectivity index (χ0) is 14.4. The average molecular weight is 282 g/mol. The molecule has 0 spiro atoms. The molecule has 0 bridgehead atoms. The number of aryl methyl sites for hydroxylation is 1. The summed E-state index contributed by atoms with van der Waals surface area (Å²) >= 11 is 0. The summed E-state index contributed by atoms with van der Waals surface area (Å²) < 4.78 is 15.9. The quantitative estimate of drug-likeness (QED) is 0.724. The van der Waals surface area contributed by atoms with E-state index in [1.165, 1.54) is 12.5 Å².